The number of anilines is 1. The zero-order chi connectivity index (χ0) is 25.0. The van der Waals surface area contributed by atoms with Gasteiger partial charge in [0.2, 0.25) is 0 Å². The number of nitrogens with zero attached hydrogens (tertiary/aromatic N) is 1. The fourth-order valence-corrected chi connectivity index (χ4v) is 4.96. The summed E-state index contributed by atoms with van der Waals surface area (Å²) in [6.07, 6.45) is -4.79. The lowest BCUT2D eigenvalue weighted by Gasteiger charge is -2.22. The Balaban J connectivity index is 1.33. The number of aliphatic hydroxyl groups is 2. The van der Waals surface area contributed by atoms with Gasteiger partial charge < -0.3 is 19.7 Å². The summed E-state index contributed by atoms with van der Waals surface area (Å²) in [5.41, 5.74) is -0.910. The third-order valence-electron chi connectivity index (χ3n) is 6.63. The SMILES string of the molecule is O=C(Nc1ccc2ccc3cccc4ccc1c2c34)O[C@@H]1[C@H](O)[C@@H](CO)O[C@H]1n1ccc(=O)[nH]c1=O. The summed E-state index contributed by atoms with van der Waals surface area (Å²) in [6.45, 7) is -0.563. The van der Waals surface area contributed by atoms with Crippen molar-refractivity contribution in [2.75, 3.05) is 11.9 Å². The van der Waals surface area contributed by atoms with Gasteiger partial charge in [-0.2, -0.15) is 0 Å². The first-order valence-electron chi connectivity index (χ1n) is 11.3. The number of aromatic nitrogens is 2. The van der Waals surface area contributed by atoms with Crippen molar-refractivity contribution >= 4 is 44.1 Å². The van der Waals surface area contributed by atoms with Crippen LogP contribution in [0.5, 0.6) is 0 Å². The van der Waals surface area contributed by atoms with E-state index in [9.17, 15) is 24.6 Å². The summed E-state index contributed by atoms with van der Waals surface area (Å²) in [7, 11) is 0. The first kappa shape index (κ1) is 22.2. The molecule has 1 aliphatic rings. The van der Waals surface area contributed by atoms with E-state index in [1.165, 1.54) is 6.20 Å². The van der Waals surface area contributed by atoms with E-state index >= 15 is 0 Å². The van der Waals surface area contributed by atoms with Crippen molar-refractivity contribution in [2.24, 2.45) is 0 Å². The molecule has 2 heterocycles. The van der Waals surface area contributed by atoms with Gasteiger partial charge in [-0.25, -0.2) is 9.59 Å². The van der Waals surface area contributed by atoms with Crippen LogP contribution in [0.2, 0.25) is 0 Å². The van der Waals surface area contributed by atoms with Gasteiger partial charge in [0, 0.05) is 17.6 Å². The molecule has 1 amide bonds. The topological polar surface area (TPSA) is 143 Å². The number of hydrogen-bond donors (Lipinski definition) is 4. The molecule has 0 saturated carbocycles. The van der Waals surface area contributed by atoms with Gasteiger partial charge in [-0.15, -0.1) is 0 Å². The third kappa shape index (κ3) is 3.51. The molecule has 4 N–H and O–H groups in total. The highest BCUT2D eigenvalue weighted by Crippen LogP contribution is 2.38. The van der Waals surface area contributed by atoms with Gasteiger partial charge in [0.05, 0.1) is 12.3 Å². The molecule has 0 unspecified atom stereocenters. The fourth-order valence-electron chi connectivity index (χ4n) is 4.96. The molecule has 182 valence electrons. The average Bonchev–Trinajstić information content (AvgIpc) is 3.18. The van der Waals surface area contributed by atoms with Crippen LogP contribution in [0.1, 0.15) is 6.23 Å². The molecule has 0 bridgehead atoms. The Morgan fingerprint density at radius 2 is 1.69 bits per heavy atom. The van der Waals surface area contributed by atoms with Crippen molar-refractivity contribution in [1.29, 1.82) is 0 Å². The molecule has 10 heteroatoms. The Hall–Kier alpha value is -4.25. The molecule has 10 nitrogen and oxygen atoms in total. The number of H-pyrrole nitrogens is 1. The molecular formula is C26H21N3O7. The highest BCUT2D eigenvalue weighted by atomic mass is 16.6. The van der Waals surface area contributed by atoms with Crippen LogP contribution >= 0.6 is 0 Å². The summed E-state index contributed by atoms with van der Waals surface area (Å²) in [6, 6.07) is 18.8. The number of benzene rings is 4. The van der Waals surface area contributed by atoms with Crippen molar-refractivity contribution in [3.05, 3.63) is 87.7 Å². The molecule has 1 saturated heterocycles. The first-order valence-corrected chi connectivity index (χ1v) is 11.3. The number of aromatic amines is 1. The highest BCUT2D eigenvalue weighted by molar-refractivity contribution is 6.25. The Labute approximate surface area is 202 Å². The van der Waals surface area contributed by atoms with E-state index in [1.54, 1.807) is 6.07 Å². The Bertz CT molecular complexity index is 1710. The van der Waals surface area contributed by atoms with Gasteiger partial charge in [0.15, 0.2) is 12.3 Å². The monoisotopic (exact) mass is 487 g/mol. The average molecular weight is 487 g/mol. The number of aliphatic hydroxyl groups excluding tert-OH is 2. The largest absolute Gasteiger partial charge is 0.438 e. The van der Waals surface area contributed by atoms with E-state index < -0.39 is 48.5 Å². The van der Waals surface area contributed by atoms with Crippen molar-refractivity contribution in [2.45, 2.75) is 24.5 Å². The normalized spacial score (nSPS) is 21.9. The van der Waals surface area contributed by atoms with Gasteiger partial charge in [0.1, 0.15) is 12.2 Å². The number of hydrogen-bond acceptors (Lipinski definition) is 7. The zero-order valence-corrected chi connectivity index (χ0v) is 18.8. The summed E-state index contributed by atoms with van der Waals surface area (Å²) in [5.74, 6) is 0. The molecule has 4 atom stereocenters. The van der Waals surface area contributed by atoms with Crippen LogP contribution in [0.4, 0.5) is 10.5 Å². The maximum Gasteiger partial charge on any atom is 0.412 e. The van der Waals surface area contributed by atoms with Crippen LogP contribution in [0.3, 0.4) is 0 Å². The lowest BCUT2D eigenvalue weighted by molar-refractivity contribution is -0.0559. The smallest absolute Gasteiger partial charge is 0.412 e. The molecule has 1 aliphatic heterocycles. The number of carbonyl (C=O) groups is 1. The summed E-state index contributed by atoms with van der Waals surface area (Å²) in [5, 5.41) is 29.0. The van der Waals surface area contributed by atoms with Gasteiger partial charge in [-0.05, 0) is 33.0 Å². The zero-order valence-electron chi connectivity index (χ0n) is 18.8. The van der Waals surface area contributed by atoms with Gasteiger partial charge in [0.25, 0.3) is 5.56 Å². The third-order valence-corrected chi connectivity index (χ3v) is 6.63. The second-order valence-electron chi connectivity index (χ2n) is 8.72. The molecular weight excluding hydrogens is 466 g/mol. The molecule has 0 radical (unpaired) electrons. The summed E-state index contributed by atoms with van der Waals surface area (Å²) in [4.78, 5) is 38.8. The molecule has 4 aromatic carbocycles. The van der Waals surface area contributed by atoms with E-state index in [-0.39, 0.29) is 0 Å². The Kier molecular flexibility index (Phi) is 5.22. The van der Waals surface area contributed by atoms with Gasteiger partial charge in [-0.3, -0.25) is 19.7 Å². The van der Waals surface area contributed by atoms with Crippen LogP contribution in [0, 0.1) is 0 Å². The predicted octanol–water partition coefficient (Wildman–Crippen LogP) is 2.30. The quantitative estimate of drug-likeness (QED) is 0.285. The van der Waals surface area contributed by atoms with Gasteiger partial charge >= 0.3 is 11.8 Å². The molecule has 1 aromatic heterocycles. The van der Waals surface area contributed by atoms with E-state index in [4.69, 9.17) is 9.47 Å². The molecule has 6 rings (SSSR count). The van der Waals surface area contributed by atoms with Crippen molar-refractivity contribution in [3.63, 3.8) is 0 Å². The Morgan fingerprint density at radius 3 is 2.42 bits per heavy atom. The maximum absolute atomic E-state index is 13.0. The van der Waals surface area contributed by atoms with Crippen molar-refractivity contribution in [3.8, 4) is 0 Å². The fraction of sp³-hybridized carbons (Fsp3) is 0.192. The molecule has 1 fully saturated rings. The van der Waals surface area contributed by atoms with Crippen LogP contribution in [0.25, 0.3) is 32.3 Å². The van der Waals surface area contributed by atoms with Crippen molar-refractivity contribution in [1.82, 2.24) is 9.55 Å². The highest BCUT2D eigenvalue weighted by Gasteiger charge is 2.47. The van der Waals surface area contributed by atoms with Crippen LogP contribution in [-0.4, -0.2) is 50.8 Å². The van der Waals surface area contributed by atoms with Gasteiger partial charge in [-0.1, -0.05) is 48.5 Å². The minimum atomic E-state index is -1.41. The predicted molar refractivity (Wildman–Crippen MR) is 132 cm³/mol. The molecule has 0 spiro atoms. The minimum Gasteiger partial charge on any atom is -0.438 e. The first-order chi connectivity index (χ1) is 17.4. The van der Waals surface area contributed by atoms with Crippen LogP contribution in [0.15, 0.2) is 76.4 Å². The second-order valence-corrected chi connectivity index (χ2v) is 8.72. The van der Waals surface area contributed by atoms with Crippen LogP contribution < -0.4 is 16.6 Å². The number of ether oxygens (including phenoxy) is 2. The molecule has 36 heavy (non-hydrogen) atoms. The number of nitrogens with one attached hydrogen (secondary N) is 2. The van der Waals surface area contributed by atoms with E-state index in [0.717, 1.165) is 43.0 Å². The van der Waals surface area contributed by atoms with E-state index in [0.29, 0.717) is 5.69 Å². The van der Waals surface area contributed by atoms with Crippen LogP contribution in [-0.2, 0) is 9.47 Å². The lowest BCUT2D eigenvalue weighted by atomic mass is 9.93. The Morgan fingerprint density at radius 1 is 1.00 bits per heavy atom. The number of rotatable bonds is 4. The summed E-state index contributed by atoms with van der Waals surface area (Å²) < 4.78 is 12.1. The number of amides is 1. The van der Waals surface area contributed by atoms with Crippen molar-refractivity contribution < 1.29 is 24.5 Å². The number of carbonyl (C=O) groups excluding carboxylic acids is 1. The minimum absolute atomic E-state index is 0.510. The summed E-state index contributed by atoms with van der Waals surface area (Å²) >= 11 is 0. The van der Waals surface area contributed by atoms with E-state index in [2.05, 4.69) is 16.4 Å². The molecule has 5 aromatic rings. The van der Waals surface area contributed by atoms with E-state index in [1.807, 2.05) is 42.5 Å². The maximum atomic E-state index is 13.0. The standard InChI is InChI=1S/C26H21N3O7/c30-12-18-22(32)23(24(35-18)29-11-10-19(31)28-25(29)33)36-26(34)27-17-9-7-15-5-4-13-2-1-3-14-6-8-16(17)21(15)20(13)14/h1-11,18,22-24,30,32H,12H2,(H,27,34)(H,28,31,33)/t18-,22-,23-,24-/m1/s1. The second kappa shape index (κ2) is 8.45. The lowest BCUT2D eigenvalue weighted by Crippen LogP contribution is -2.41. The molecule has 0 aliphatic carbocycles.